The summed E-state index contributed by atoms with van der Waals surface area (Å²) in [5.41, 5.74) is 4.60. The Hall–Kier alpha value is -2.83. The Labute approximate surface area is 195 Å². The summed E-state index contributed by atoms with van der Waals surface area (Å²) in [4.78, 5) is 2.59. The van der Waals surface area contributed by atoms with E-state index in [4.69, 9.17) is 19.3 Å². The van der Waals surface area contributed by atoms with E-state index in [1.807, 2.05) is 6.07 Å². The molecule has 2 aromatic carbocycles. The lowest BCUT2D eigenvalue weighted by molar-refractivity contribution is 0.0689. The zero-order valence-electron chi connectivity index (χ0n) is 19.0. The van der Waals surface area contributed by atoms with Gasteiger partial charge in [0.2, 0.25) is 6.79 Å². The van der Waals surface area contributed by atoms with Crippen LogP contribution in [0.2, 0.25) is 0 Å². The molecule has 6 nitrogen and oxygen atoms in total. The molecule has 3 heterocycles. The van der Waals surface area contributed by atoms with Crippen LogP contribution in [-0.2, 0) is 17.8 Å². The summed E-state index contributed by atoms with van der Waals surface area (Å²) < 4.78 is 19.2. The summed E-state index contributed by atoms with van der Waals surface area (Å²) in [6.07, 6.45) is 7.64. The Morgan fingerprint density at radius 1 is 0.970 bits per heavy atom. The lowest BCUT2D eigenvalue weighted by Gasteiger charge is -2.25. The minimum atomic E-state index is 0.282. The van der Waals surface area contributed by atoms with Crippen molar-refractivity contribution in [2.24, 2.45) is 5.92 Å². The zero-order chi connectivity index (χ0) is 22.0. The predicted molar refractivity (Wildman–Crippen MR) is 126 cm³/mol. The number of hydrogen-bond donors (Lipinski definition) is 0. The molecule has 1 saturated carbocycles. The van der Waals surface area contributed by atoms with E-state index in [9.17, 15) is 0 Å². The van der Waals surface area contributed by atoms with Gasteiger partial charge >= 0.3 is 0 Å². The molecule has 0 unspecified atom stereocenters. The number of ether oxygens (including phenoxy) is 3. The molecule has 172 valence electrons. The van der Waals surface area contributed by atoms with Gasteiger partial charge in [0.25, 0.3) is 0 Å². The highest BCUT2D eigenvalue weighted by atomic mass is 16.7. The standard InChI is InChI=1S/C27H31N3O3/c1-2-5-20(6-3-1)15-30-17-23(16-29(14-21-8-9-21)18-24-7-4-12-31-24)27(28-30)22-10-11-25-26(13-22)33-19-32-25/h1-3,5-6,10-11,13,17,21,24H,4,7-9,12,14-16,18-19H2/t24-/m1/s1. The van der Waals surface area contributed by atoms with Crippen molar-refractivity contribution in [1.29, 1.82) is 0 Å². The first kappa shape index (κ1) is 20.8. The fraction of sp³-hybridized carbons (Fsp3) is 0.444. The fourth-order valence-corrected chi connectivity index (χ4v) is 4.90. The van der Waals surface area contributed by atoms with E-state index in [1.54, 1.807) is 0 Å². The maximum Gasteiger partial charge on any atom is 0.231 e. The average molecular weight is 446 g/mol. The second kappa shape index (κ2) is 9.20. The minimum Gasteiger partial charge on any atom is -0.454 e. The second-order valence-electron chi connectivity index (χ2n) is 9.53. The maximum absolute atomic E-state index is 5.98. The van der Waals surface area contributed by atoms with Gasteiger partial charge in [-0.15, -0.1) is 0 Å². The van der Waals surface area contributed by atoms with Crippen LogP contribution in [0.4, 0.5) is 0 Å². The van der Waals surface area contributed by atoms with E-state index in [0.717, 1.165) is 61.5 Å². The summed E-state index contributed by atoms with van der Waals surface area (Å²) >= 11 is 0. The van der Waals surface area contributed by atoms with E-state index >= 15 is 0 Å². The van der Waals surface area contributed by atoms with Gasteiger partial charge in [0.15, 0.2) is 11.5 Å². The molecule has 33 heavy (non-hydrogen) atoms. The molecule has 3 aromatic rings. The Bertz CT molecular complexity index is 1090. The predicted octanol–water partition coefficient (Wildman–Crippen LogP) is 4.72. The van der Waals surface area contributed by atoms with Gasteiger partial charge in [-0.3, -0.25) is 9.58 Å². The maximum atomic E-state index is 5.98. The van der Waals surface area contributed by atoms with Crippen molar-refractivity contribution in [3.05, 3.63) is 65.9 Å². The second-order valence-corrected chi connectivity index (χ2v) is 9.53. The summed E-state index contributed by atoms with van der Waals surface area (Å²) in [5.74, 6) is 2.43. The monoisotopic (exact) mass is 445 g/mol. The molecule has 1 aromatic heterocycles. The van der Waals surface area contributed by atoms with E-state index in [-0.39, 0.29) is 6.79 Å². The molecule has 0 N–H and O–H groups in total. The Kier molecular flexibility index (Phi) is 5.78. The molecular weight excluding hydrogens is 414 g/mol. The van der Waals surface area contributed by atoms with Gasteiger partial charge in [-0.2, -0.15) is 5.10 Å². The van der Waals surface area contributed by atoms with Crippen molar-refractivity contribution in [2.75, 3.05) is 26.5 Å². The molecule has 0 radical (unpaired) electrons. The van der Waals surface area contributed by atoms with Gasteiger partial charge in [-0.05, 0) is 55.4 Å². The van der Waals surface area contributed by atoms with E-state index in [2.05, 4.69) is 58.2 Å². The van der Waals surface area contributed by atoms with Crippen LogP contribution < -0.4 is 9.47 Å². The van der Waals surface area contributed by atoms with Crippen molar-refractivity contribution >= 4 is 0 Å². The molecule has 2 fully saturated rings. The lowest BCUT2D eigenvalue weighted by Crippen LogP contribution is -2.33. The first-order valence-electron chi connectivity index (χ1n) is 12.1. The molecule has 1 aliphatic carbocycles. The van der Waals surface area contributed by atoms with Crippen molar-refractivity contribution < 1.29 is 14.2 Å². The molecule has 3 aliphatic rings. The number of benzene rings is 2. The van der Waals surface area contributed by atoms with Crippen LogP contribution in [0.5, 0.6) is 11.5 Å². The molecule has 1 saturated heterocycles. The smallest absolute Gasteiger partial charge is 0.231 e. The third-order valence-electron chi connectivity index (χ3n) is 6.76. The van der Waals surface area contributed by atoms with Crippen LogP contribution in [0, 0.1) is 5.92 Å². The molecule has 6 rings (SSSR count). The number of aromatic nitrogens is 2. The van der Waals surface area contributed by atoms with Crippen LogP contribution in [0.1, 0.15) is 36.8 Å². The van der Waals surface area contributed by atoms with Gasteiger partial charge in [0.05, 0.1) is 18.3 Å². The lowest BCUT2D eigenvalue weighted by atomic mass is 10.1. The van der Waals surface area contributed by atoms with Gasteiger partial charge in [0.1, 0.15) is 0 Å². The summed E-state index contributed by atoms with van der Waals surface area (Å²) in [6.45, 7) is 4.97. The van der Waals surface area contributed by atoms with E-state index in [1.165, 1.54) is 36.8 Å². The Morgan fingerprint density at radius 3 is 2.67 bits per heavy atom. The van der Waals surface area contributed by atoms with E-state index < -0.39 is 0 Å². The molecule has 0 spiro atoms. The molecule has 0 bridgehead atoms. The number of hydrogen-bond acceptors (Lipinski definition) is 5. The van der Waals surface area contributed by atoms with Crippen molar-refractivity contribution in [2.45, 2.75) is 44.9 Å². The zero-order valence-corrected chi connectivity index (χ0v) is 19.0. The average Bonchev–Trinajstić information content (AvgIpc) is 3.20. The van der Waals surface area contributed by atoms with Gasteiger partial charge in [-0.25, -0.2) is 0 Å². The topological polar surface area (TPSA) is 48.8 Å². The van der Waals surface area contributed by atoms with Crippen LogP contribution in [-0.4, -0.2) is 47.3 Å². The summed E-state index contributed by atoms with van der Waals surface area (Å²) in [7, 11) is 0. The highest BCUT2D eigenvalue weighted by molar-refractivity contribution is 5.67. The molecule has 6 heteroatoms. The Balaban J connectivity index is 1.30. The fourth-order valence-electron chi connectivity index (χ4n) is 4.90. The molecular formula is C27H31N3O3. The minimum absolute atomic E-state index is 0.282. The van der Waals surface area contributed by atoms with Crippen molar-refractivity contribution in [1.82, 2.24) is 14.7 Å². The van der Waals surface area contributed by atoms with Crippen LogP contribution in [0.15, 0.2) is 54.7 Å². The number of rotatable bonds is 9. The number of fused-ring (bicyclic) bond motifs is 1. The largest absolute Gasteiger partial charge is 0.454 e. The quantitative estimate of drug-likeness (QED) is 0.477. The van der Waals surface area contributed by atoms with Crippen LogP contribution in [0.3, 0.4) is 0 Å². The number of nitrogens with zero attached hydrogens (tertiary/aromatic N) is 3. The SMILES string of the molecule is c1ccc(Cn2cc(CN(CC3CC3)C[C@H]3CCCO3)c(-c3ccc4c(c3)OCO4)n2)cc1. The van der Waals surface area contributed by atoms with Crippen molar-refractivity contribution in [3.8, 4) is 22.8 Å². The van der Waals surface area contributed by atoms with Gasteiger partial charge in [0, 0.05) is 43.6 Å². The molecule has 1 atom stereocenters. The van der Waals surface area contributed by atoms with Gasteiger partial charge < -0.3 is 14.2 Å². The van der Waals surface area contributed by atoms with Crippen molar-refractivity contribution in [3.63, 3.8) is 0 Å². The molecule has 0 amide bonds. The van der Waals surface area contributed by atoms with Gasteiger partial charge in [-0.1, -0.05) is 30.3 Å². The highest BCUT2D eigenvalue weighted by Gasteiger charge is 2.28. The normalized spacial score (nSPS) is 19.5. The summed E-state index contributed by atoms with van der Waals surface area (Å²) in [6, 6.07) is 16.7. The first-order valence-corrected chi connectivity index (χ1v) is 12.1. The summed E-state index contributed by atoms with van der Waals surface area (Å²) in [5, 5.41) is 5.04. The highest BCUT2D eigenvalue weighted by Crippen LogP contribution is 2.37. The first-order chi connectivity index (χ1) is 16.3. The Morgan fingerprint density at radius 2 is 1.85 bits per heavy atom. The third kappa shape index (κ3) is 4.92. The van der Waals surface area contributed by atoms with E-state index in [0.29, 0.717) is 6.10 Å². The molecule has 2 aliphatic heterocycles. The third-order valence-corrected chi connectivity index (χ3v) is 6.76. The van der Waals surface area contributed by atoms with Crippen LogP contribution in [0.25, 0.3) is 11.3 Å². The van der Waals surface area contributed by atoms with Crippen LogP contribution >= 0.6 is 0 Å².